The summed E-state index contributed by atoms with van der Waals surface area (Å²) < 4.78 is 5.26. The normalized spacial score (nSPS) is 10.6. The number of furan rings is 1. The molecule has 2 rings (SSSR count). The Labute approximate surface area is 120 Å². The number of thiophene rings is 1. The summed E-state index contributed by atoms with van der Waals surface area (Å²) in [6.07, 6.45) is 0.691. The Morgan fingerprint density at radius 3 is 2.55 bits per heavy atom. The fourth-order valence-electron chi connectivity index (χ4n) is 2.07. The van der Waals surface area contributed by atoms with Crippen molar-refractivity contribution < 1.29 is 14.0 Å². The lowest BCUT2D eigenvalue weighted by Gasteiger charge is -2.04. The highest BCUT2D eigenvalue weighted by molar-refractivity contribution is 7.16. The molecule has 2 heterocycles. The monoisotopic (exact) mass is 292 g/mol. The van der Waals surface area contributed by atoms with Crippen molar-refractivity contribution in [2.24, 2.45) is 5.73 Å². The van der Waals surface area contributed by atoms with Crippen LogP contribution >= 0.6 is 11.3 Å². The second kappa shape index (κ2) is 5.50. The summed E-state index contributed by atoms with van der Waals surface area (Å²) in [5, 5.41) is 3.18. The molecule has 0 aliphatic carbocycles. The van der Waals surface area contributed by atoms with Crippen molar-refractivity contribution in [2.45, 2.75) is 27.2 Å². The largest absolute Gasteiger partial charge is 0.456 e. The number of carbonyl (C=O) groups is 2. The van der Waals surface area contributed by atoms with E-state index in [1.165, 1.54) is 11.3 Å². The number of nitrogens with one attached hydrogen (secondary N) is 1. The molecule has 3 N–H and O–H groups in total. The van der Waals surface area contributed by atoms with E-state index in [0.717, 1.165) is 10.4 Å². The third-order valence-electron chi connectivity index (χ3n) is 3.00. The maximum Gasteiger partial charge on any atom is 0.291 e. The molecule has 0 radical (unpaired) electrons. The van der Waals surface area contributed by atoms with Gasteiger partial charge in [-0.3, -0.25) is 9.59 Å². The van der Waals surface area contributed by atoms with Crippen LogP contribution < -0.4 is 11.1 Å². The van der Waals surface area contributed by atoms with E-state index < -0.39 is 5.91 Å². The van der Waals surface area contributed by atoms with Crippen LogP contribution in [0.4, 0.5) is 5.00 Å². The van der Waals surface area contributed by atoms with Crippen LogP contribution in [-0.4, -0.2) is 11.8 Å². The third-order valence-corrected chi connectivity index (χ3v) is 4.06. The van der Waals surface area contributed by atoms with Gasteiger partial charge in [0.05, 0.1) is 5.56 Å². The van der Waals surface area contributed by atoms with Crippen molar-refractivity contribution in [1.29, 1.82) is 0 Å². The van der Waals surface area contributed by atoms with E-state index in [0.29, 0.717) is 22.7 Å². The number of carbonyl (C=O) groups excluding carboxylic acids is 2. The summed E-state index contributed by atoms with van der Waals surface area (Å²) in [6.45, 7) is 5.61. The molecule has 2 aromatic heterocycles. The molecule has 0 fully saturated rings. The van der Waals surface area contributed by atoms with Gasteiger partial charge >= 0.3 is 0 Å². The smallest absolute Gasteiger partial charge is 0.291 e. The molecule has 6 heteroatoms. The van der Waals surface area contributed by atoms with Crippen LogP contribution in [0.5, 0.6) is 0 Å². The van der Waals surface area contributed by atoms with Crippen LogP contribution in [-0.2, 0) is 6.42 Å². The first kappa shape index (κ1) is 14.3. The number of amides is 2. The summed E-state index contributed by atoms with van der Waals surface area (Å²) in [4.78, 5) is 24.6. The van der Waals surface area contributed by atoms with Gasteiger partial charge < -0.3 is 15.5 Å². The van der Waals surface area contributed by atoms with Gasteiger partial charge in [-0.2, -0.15) is 0 Å². The average Bonchev–Trinajstić information content (AvgIpc) is 2.92. The molecule has 0 unspecified atom stereocenters. The molecule has 0 spiro atoms. The minimum atomic E-state index is -0.530. The summed E-state index contributed by atoms with van der Waals surface area (Å²) >= 11 is 1.35. The first-order valence-electron chi connectivity index (χ1n) is 6.23. The predicted octanol–water partition coefficient (Wildman–Crippen LogP) is 2.87. The number of rotatable bonds is 4. The number of nitrogens with two attached hydrogens (primary N) is 1. The molecule has 0 bridgehead atoms. The molecule has 2 aromatic rings. The lowest BCUT2D eigenvalue weighted by atomic mass is 10.1. The van der Waals surface area contributed by atoms with E-state index in [4.69, 9.17) is 10.2 Å². The van der Waals surface area contributed by atoms with E-state index in [1.807, 2.05) is 13.8 Å². The molecular formula is C14H16N2O3S. The Bertz CT molecular complexity index is 670. The van der Waals surface area contributed by atoms with Crippen molar-refractivity contribution in [3.8, 4) is 0 Å². The van der Waals surface area contributed by atoms with E-state index in [-0.39, 0.29) is 11.7 Å². The number of hydrogen-bond acceptors (Lipinski definition) is 4. The lowest BCUT2D eigenvalue weighted by molar-refractivity contribution is 0.0996. The SMILES string of the molecule is CCc1c(C)sc(NC(=O)c2ccc(C)o2)c1C(N)=O. The van der Waals surface area contributed by atoms with Gasteiger partial charge in [-0.15, -0.1) is 11.3 Å². The maximum absolute atomic E-state index is 12.1. The molecule has 0 atom stereocenters. The van der Waals surface area contributed by atoms with Crippen LogP contribution in [0.1, 0.15) is 44.0 Å². The topological polar surface area (TPSA) is 85.3 Å². The number of aryl methyl sites for hydroxylation is 2. The zero-order chi connectivity index (χ0) is 14.9. The molecule has 106 valence electrons. The average molecular weight is 292 g/mol. The van der Waals surface area contributed by atoms with E-state index in [9.17, 15) is 9.59 Å². The maximum atomic E-state index is 12.1. The number of primary amides is 1. The zero-order valence-corrected chi connectivity index (χ0v) is 12.4. The molecule has 0 aliphatic heterocycles. The van der Waals surface area contributed by atoms with Crippen molar-refractivity contribution in [2.75, 3.05) is 5.32 Å². The van der Waals surface area contributed by atoms with Crippen molar-refractivity contribution in [1.82, 2.24) is 0 Å². The standard InChI is InChI=1S/C14H16N2O3S/c1-4-9-8(3)20-14(11(9)12(15)17)16-13(18)10-6-5-7(2)19-10/h5-6H,4H2,1-3H3,(H2,15,17)(H,16,18). The van der Waals surface area contributed by atoms with Gasteiger partial charge in [0.25, 0.3) is 11.8 Å². The van der Waals surface area contributed by atoms with Crippen LogP contribution in [0.25, 0.3) is 0 Å². The molecule has 2 amide bonds. The second-order valence-electron chi connectivity index (χ2n) is 4.42. The zero-order valence-electron chi connectivity index (χ0n) is 11.6. The van der Waals surface area contributed by atoms with Crippen molar-refractivity contribution in [3.05, 3.63) is 39.7 Å². The highest BCUT2D eigenvalue weighted by Gasteiger charge is 2.21. The molecule has 0 saturated carbocycles. The Morgan fingerprint density at radius 2 is 2.05 bits per heavy atom. The summed E-state index contributed by atoms with van der Waals surface area (Å²) in [5.41, 5.74) is 6.69. The van der Waals surface area contributed by atoms with Gasteiger partial charge in [0.1, 0.15) is 10.8 Å². The predicted molar refractivity (Wildman–Crippen MR) is 78.4 cm³/mol. The molecule has 20 heavy (non-hydrogen) atoms. The van der Waals surface area contributed by atoms with Gasteiger partial charge in [-0.25, -0.2) is 0 Å². The summed E-state index contributed by atoms with van der Waals surface area (Å²) in [7, 11) is 0. The Morgan fingerprint density at radius 1 is 1.35 bits per heavy atom. The Kier molecular flexibility index (Phi) is 3.94. The number of hydrogen-bond donors (Lipinski definition) is 2. The van der Waals surface area contributed by atoms with Crippen LogP contribution in [0.2, 0.25) is 0 Å². The summed E-state index contributed by atoms with van der Waals surface area (Å²) in [5.74, 6) is -0.0504. The minimum absolute atomic E-state index is 0.210. The first-order valence-corrected chi connectivity index (χ1v) is 7.05. The first-order chi connectivity index (χ1) is 9.43. The van der Waals surface area contributed by atoms with Gasteiger partial charge in [0.2, 0.25) is 0 Å². The molecule has 0 aliphatic rings. The van der Waals surface area contributed by atoms with Gasteiger partial charge in [-0.05, 0) is 38.0 Å². The van der Waals surface area contributed by atoms with Gasteiger partial charge in [-0.1, -0.05) is 6.92 Å². The Hall–Kier alpha value is -2.08. The molecule has 0 aromatic carbocycles. The van der Waals surface area contributed by atoms with Gasteiger partial charge in [0.15, 0.2) is 5.76 Å². The molecule has 5 nitrogen and oxygen atoms in total. The highest BCUT2D eigenvalue weighted by Crippen LogP contribution is 2.33. The van der Waals surface area contributed by atoms with E-state index >= 15 is 0 Å². The molecule has 0 saturated heterocycles. The van der Waals surface area contributed by atoms with Crippen LogP contribution in [0, 0.1) is 13.8 Å². The van der Waals surface area contributed by atoms with E-state index in [2.05, 4.69) is 5.32 Å². The number of anilines is 1. The van der Waals surface area contributed by atoms with Crippen molar-refractivity contribution >= 4 is 28.2 Å². The minimum Gasteiger partial charge on any atom is -0.456 e. The fraction of sp³-hybridized carbons (Fsp3) is 0.286. The van der Waals surface area contributed by atoms with E-state index in [1.54, 1.807) is 19.1 Å². The van der Waals surface area contributed by atoms with Crippen molar-refractivity contribution in [3.63, 3.8) is 0 Å². The van der Waals surface area contributed by atoms with Crippen LogP contribution in [0.3, 0.4) is 0 Å². The van der Waals surface area contributed by atoms with Gasteiger partial charge in [0, 0.05) is 4.88 Å². The third kappa shape index (κ3) is 2.60. The summed E-state index contributed by atoms with van der Waals surface area (Å²) in [6, 6.07) is 3.30. The highest BCUT2D eigenvalue weighted by atomic mass is 32.1. The Balaban J connectivity index is 2.34. The van der Waals surface area contributed by atoms with Crippen LogP contribution in [0.15, 0.2) is 16.5 Å². The molecular weight excluding hydrogens is 276 g/mol. The quantitative estimate of drug-likeness (QED) is 0.908. The second-order valence-corrected chi connectivity index (χ2v) is 5.65. The lowest BCUT2D eigenvalue weighted by Crippen LogP contribution is -2.17. The fourth-order valence-corrected chi connectivity index (χ4v) is 3.22.